The van der Waals surface area contributed by atoms with Gasteiger partial charge < -0.3 is 19.5 Å². The zero-order valence-corrected chi connectivity index (χ0v) is 23.3. The molecule has 5 rings (SSSR count). The fourth-order valence-electron chi connectivity index (χ4n) is 4.87. The average molecular weight is 549 g/mol. The minimum Gasteiger partial charge on any atom is -0.872 e. The molecule has 4 aromatic rings. The standard InChI is InChI=1S/C34H32N2O5/c1-22(2)21-40-27-14-15-29(23(3)17-27)32(37)30-31(36(34(39)33(30)38)20-24-9-8-16-35-19-24)25-10-7-13-28(18-25)41-26-11-5-4-6-12-26/h4-19,22,31,37H,20-21H2,1-3H3. The van der Waals surface area contributed by atoms with Gasteiger partial charge in [0, 0.05) is 17.2 Å². The third-order valence-electron chi connectivity index (χ3n) is 6.83. The Morgan fingerprint density at radius 3 is 2.41 bits per heavy atom. The Morgan fingerprint density at radius 1 is 0.927 bits per heavy atom. The number of nitrogens with one attached hydrogen (secondary N) is 1. The summed E-state index contributed by atoms with van der Waals surface area (Å²) in [5.41, 5.74) is 2.35. The van der Waals surface area contributed by atoms with Crippen molar-refractivity contribution in [2.75, 3.05) is 6.61 Å². The van der Waals surface area contributed by atoms with Crippen LogP contribution in [0.4, 0.5) is 0 Å². The first-order valence-corrected chi connectivity index (χ1v) is 13.6. The number of rotatable bonds is 9. The van der Waals surface area contributed by atoms with Crippen LogP contribution in [0.2, 0.25) is 0 Å². The summed E-state index contributed by atoms with van der Waals surface area (Å²) in [5.74, 6) is 0.192. The van der Waals surface area contributed by atoms with E-state index >= 15 is 0 Å². The molecule has 1 N–H and O–H groups in total. The summed E-state index contributed by atoms with van der Waals surface area (Å²) in [4.78, 5) is 31.4. The van der Waals surface area contributed by atoms with Crippen LogP contribution in [0.1, 0.15) is 42.1 Å². The zero-order valence-electron chi connectivity index (χ0n) is 23.3. The zero-order chi connectivity index (χ0) is 28.9. The van der Waals surface area contributed by atoms with Crippen molar-refractivity contribution in [3.05, 3.63) is 125 Å². The molecule has 41 heavy (non-hydrogen) atoms. The van der Waals surface area contributed by atoms with Crippen LogP contribution in [-0.2, 0) is 16.1 Å². The van der Waals surface area contributed by atoms with Gasteiger partial charge in [0.15, 0.2) is 12.4 Å². The fourth-order valence-corrected chi connectivity index (χ4v) is 4.87. The van der Waals surface area contributed by atoms with Gasteiger partial charge in [-0.05, 0) is 72.0 Å². The number of hydrogen-bond acceptors (Lipinski definition) is 5. The Kier molecular flexibility index (Phi) is 8.15. The number of aromatic nitrogens is 1. The summed E-state index contributed by atoms with van der Waals surface area (Å²) in [7, 11) is 0. The van der Waals surface area contributed by atoms with Crippen LogP contribution in [0.3, 0.4) is 0 Å². The predicted octanol–water partition coefficient (Wildman–Crippen LogP) is 5.06. The van der Waals surface area contributed by atoms with Gasteiger partial charge in [0.25, 0.3) is 5.91 Å². The number of carbonyl (C=O) groups excluding carboxylic acids is 2. The number of Topliss-reactive ketones (excluding diaryl/α,β-unsaturated/α-hetero) is 1. The van der Waals surface area contributed by atoms with Gasteiger partial charge in [0.2, 0.25) is 5.78 Å². The summed E-state index contributed by atoms with van der Waals surface area (Å²) >= 11 is 0. The van der Waals surface area contributed by atoms with E-state index in [9.17, 15) is 14.7 Å². The highest BCUT2D eigenvalue weighted by atomic mass is 16.5. The first kappa shape index (κ1) is 27.6. The molecule has 1 aliphatic heterocycles. The fraction of sp³-hybridized carbons (Fsp3) is 0.206. The Balaban J connectivity index is 1.58. The summed E-state index contributed by atoms with van der Waals surface area (Å²) in [6.07, 6.45) is 3.53. The molecule has 1 aromatic heterocycles. The van der Waals surface area contributed by atoms with E-state index in [4.69, 9.17) is 9.47 Å². The van der Waals surface area contributed by atoms with Gasteiger partial charge in [-0.1, -0.05) is 56.0 Å². The average Bonchev–Trinajstić information content (AvgIpc) is 3.22. The van der Waals surface area contributed by atoms with Crippen LogP contribution in [0.25, 0.3) is 5.76 Å². The van der Waals surface area contributed by atoms with Crippen LogP contribution < -0.4 is 19.6 Å². The number of amides is 1. The van der Waals surface area contributed by atoms with E-state index in [2.05, 4.69) is 18.8 Å². The Labute approximate surface area is 239 Å². The van der Waals surface area contributed by atoms with Crippen molar-refractivity contribution in [1.82, 2.24) is 4.90 Å². The molecule has 0 aliphatic carbocycles. The lowest BCUT2D eigenvalue weighted by molar-refractivity contribution is -0.378. The number of ketones is 1. The lowest BCUT2D eigenvalue weighted by atomic mass is 9.93. The van der Waals surface area contributed by atoms with Crippen LogP contribution in [0.5, 0.6) is 17.2 Å². The number of carbonyl (C=O) groups is 2. The molecule has 208 valence electrons. The van der Waals surface area contributed by atoms with E-state index < -0.39 is 23.5 Å². The summed E-state index contributed by atoms with van der Waals surface area (Å²) in [5, 5.41) is 14.0. The largest absolute Gasteiger partial charge is 0.872 e. The number of ether oxygens (including phenoxy) is 2. The van der Waals surface area contributed by atoms with E-state index in [-0.39, 0.29) is 12.1 Å². The third-order valence-corrected chi connectivity index (χ3v) is 6.83. The quantitative estimate of drug-likeness (QED) is 0.166. The maximum atomic E-state index is 14.0. The molecule has 0 bridgehead atoms. The molecule has 0 radical (unpaired) electrons. The molecule has 1 saturated heterocycles. The van der Waals surface area contributed by atoms with Crippen LogP contribution in [0.15, 0.2) is 103 Å². The van der Waals surface area contributed by atoms with E-state index in [1.165, 1.54) is 4.90 Å². The van der Waals surface area contributed by atoms with Crippen LogP contribution in [0, 0.1) is 12.8 Å². The molecule has 7 nitrogen and oxygen atoms in total. The van der Waals surface area contributed by atoms with Crippen molar-refractivity contribution in [2.45, 2.75) is 33.4 Å². The number of aryl methyl sites for hydroxylation is 1. The molecule has 1 fully saturated rings. The topological polar surface area (TPSA) is 93.0 Å². The van der Waals surface area contributed by atoms with Crippen molar-refractivity contribution in [3.8, 4) is 17.2 Å². The van der Waals surface area contributed by atoms with Gasteiger partial charge in [-0.3, -0.25) is 9.59 Å². The highest BCUT2D eigenvalue weighted by Gasteiger charge is 2.44. The van der Waals surface area contributed by atoms with E-state index in [0.717, 1.165) is 5.56 Å². The molecule has 1 aliphatic rings. The van der Waals surface area contributed by atoms with Crippen molar-refractivity contribution in [1.29, 1.82) is 0 Å². The second kappa shape index (κ2) is 12.1. The highest BCUT2D eigenvalue weighted by molar-refractivity contribution is 6.46. The number of hydrogen-bond donors (Lipinski definition) is 0. The number of aromatic amines is 1. The molecule has 2 heterocycles. The van der Waals surface area contributed by atoms with Crippen molar-refractivity contribution in [3.63, 3.8) is 0 Å². The van der Waals surface area contributed by atoms with Gasteiger partial charge in [-0.2, -0.15) is 0 Å². The second-order valence-electron chi connectivity index (χ2n) is 10.5. The van der Waals surface area contributed by atoms with Gasteiger partial charge in [0.05, 0.1) is 19.2 Å². The SMILES string of the molecule is Cc1cc(OCC(C)C)ccc1C([O-])=C1C(=O)C(=O)N(Cc2ccc[nH+]c2)C1c1cccc(Oc2ccccc2)c1. The van der Waals surface area contributed by atoms with Crippen LogP contribution in [-0.4, -0.2) is 23.2 Å². The molecule has 1 unspecified atom stereocenters. The van der Waals surface area contributed by atoms with Crippen molar-refractivity contribution in [2.24, 2.45) is 5.92 Å². The number of pyridine rings is 1. The first-order valence-electron chi connectivity index (χ1n) is 13.6. The second-order valence-corrected chi connectivity index (χ2v) is 10.5. The highest BCUT2D eigenvalue weighted by Crippen LogP contribution is 2.41. The normalized spacial score (nSPS) is 16.3. The minimum absolute atomic E-state index is 0.0780. The summed E-state index contributed by atoms with van der Waals surface area (Å²) in [6.45, 7) is 6.62. The number of benzene rings is 3. The monoisotopic (exact) mass is 548 g/mol. The number of likely N-dealkylation sites (tertiary alicyclic amines) is 1. The van der Waals surface area contributed by atoms with Crippen molar-refractivity contribution < 1.29 is 29.2 Å². The smallest absolute Gasteiger partial charge is 0.295 e. The molecule has 0 saturated carbocycles. The molecule has 0 spiro atoms. The predicted molar refractivity (Wildman–Crippen MR) is 153 cm³/mol. The molecule has 7 heteroatoms. The molecule has 1 atom stereocenters. The molecule has 3 aromatic carbocycles. The van der Waals surface area contributed by atoms with Gasteiger partial charge >= 0.3 is 0 Å². The maximum absolute atomic E-state index is 14.0. The number of nitrogens with zero attached hydrogens (tertiary/aromatic N) is 1. The third kappa shape index (κ3) is 6.14. The number of para-hydroxylation sites is 1. The molecular formula is C34H32N2O5. The Hall–Kier alpha value is -4.91. The Morgan fingerprint density at radius 2 is 1.71 bits per heavy atom. The van der Waals surface area contributed by atoms with Gasteiger partial charge in [-0.25, -0.2) is 4.98 Å². The summed E-state index contributed by atoms with van der Waals surface area (Å²) in [6, 6.07) is 24.5. The summed E-state index contributed by atoms with van der Waals surface area (Å²) < 4.78 is 11.9. The number of H-pyrrole nitrogens is 1. The molecule has 1 amide bonds. The van der Waals surface area contributed by atoms with E-state index in [0.29, 0.717) is 46.5 Å². The van der Waals surface area contributed by atoms with Gasteiger partial charge in [0.1, 0.15) is 17.2 Å². The first-order chi connectivity index (χ1) is 19.8. The maximum Gasteiger partial charge on any atom is 0.295 e. The van der Waals surface area contributed by atoms with E-state index in [1.54, 1.807) is 55.7 Å². The lowest BCUT2D eigenvalue weighted by Crippen LogP contribution is -2.29. The Bertz CT molecular complexity index is 1580. The van der Waals surface area contributed by atoms with Crippen molar-refractivity contribution >= 4 is 17.4 Å². The van der Waals surface area contributed by atoms with Gasteiger partial charge in [-0.15, -0.1) is 0 Å². The van der Waals surface area contributed by atoms with Crippen LogP contribution >= 0.6 is 0 Å². The van der Waals surface area contributed by atoms with E-state index in [1.807, 2.05) is 48.5 Å². The molecular weight excluding hydrogens is 516 g/mol. The lowest BCUT2D eigenvalue weighted by Gasteiger charge is -2.28. The minimum atomic E-state index is -0.890.